The summed E-state index contributed by atoms with van der Waals surface area (Å²) in [7, 11) is -3.35. The van der Waals surface area contributed by atoms with Crippen molar-refractivity contribution in [2.75, 3.05) is 25.1 Å². The second-order valence-electron chi connectivity index (χ2n) is 4.28. The maximum atomic E-state index is 12.2. The molecule has 0 spiro atoms. The van der Waals surface area contributed by atoms with Crippen LogP contribution in [-0.2, 0) is 16.8 Å². The molecule has 0 atom stereocenters. The van der Waals surface area contributed by atoms with E-state index in [1.54, 1.807) is 0 Å². The molecule has 0 bridgehead atoms. The molecule has 0 aliphatic carbocycles. The van der Waals surface area contributed by atoms with E-state index in [4.69, 9.17) is 5.84 Å². The van der Waals surface area contributed by atoms with E-state index < -0.39 is 10.2 Å². The summed E-state index contributed by atoms with van der Waals surface area (Å²) < 4.78 is 27.3. The van der Waals surface area contributed by atoms with Crippen LogP contribution in [0.15, 0.2) is 12.4 Å². The molecular weight excluding hydrogens is 268 g/mol. The lowest BCUT2D eigenvalue weighted by atomic mass is 10.4. The molecule has 0 saturated carbocycles. The Balaban J connectivity index is 2.07. The van der Waals surface area contributed by atoms with Crippen molar-refractivity contribution in [2.24, 2.45) is 5.84 Å². The van der Waals surface area contributed by atoms with Crippen molar-refractivity contribution in [1.29, 1.82) is 0 Å². The van der Waals surface area contributed by atoms with E-state index in [0.29, 0.717) is 31.1 Å². The fraction of sp³-hybridized carbons (Fsp3) is 0.600. The van der Waals surface area contributed by atoms with E-state index in [2.05, 4.69) is 15.4 Å². The first-order valence-corrected chi connectivity index (χ1v) is 7.50. The zero-order valence-corrected chi connectivity index (χ0v) is 11.6. The maximum absolute atomic E-state index is 12.2. The summed E-state index contributed by atoms with van der Waals surface area (Å²) in [5.41, 5.74) is 2.97. The number of hydrogen-bond donors (Lipinski definition) is 2. The molecule has 3 N–H and O–H groups in total. The maximum Gasteiger partial charge on any atom is 0.282 e. The van der Waals surface area contributed by atoms with Gasteiger partial charge in [0.15, 0.2) is 5.82 Å². The van der Waals surface area contributed by atoms with E-state index in [1.165, 1.54) is 21.0 Å². The third kappa shape index (κ3) is 3.00. The molecule has 2 rings (SSSR count). The van der Waals surface area contributed by atoms with Crippen LogP contribution in [-0.4, -0.2) is 46.6 Å². The SMILES string of the molecule is CCCN1CCN(Cc2cnc(NN)cn2)S1(=O)=O. The van der Waals surface area contributed by atoms with Crippen molar-refractivity contribution in [3.8, 4) is 0 Å². The Morgan fingerprint density at radius 1 is 1.32 bits per heavy atom. The van der Waals surface area contributed by atoms with Crippen LogP contribution in [0.1, 0.15) is 19.0 Å². The molecule has 0 radical (unpaired) electrons. The summed E-state index contributed by atoms with van der Waals surface area (Å²) in [5.74, 6) is 5.64. The smallest absolute Gasteiger partial charge is 0.282 e. The van der Waals surface area contributed by atoms with Crippen LogP contribution in [0.4, 0.5) is 5.82 Å². The van der Waals surface area contributed by atoms with Crippen LogP contribution in [0.5, 0.6) is 0 Å². The van der Waals surface area contributed by atoms with Gasteiger partial charge in [-0.15, -0.1) is 0 Å². The lowest BCUT2D eigenvalue weighted by Gasteiger charge is -2.17. The number of aromatic nitrogens is 2. The van der Waals surface area contributed by atoms with Crippen molar-refractivity contribution in [2.45, 2.75) is 19.9 Å². The van der Waals surface area contributed by atoms with Crippen molar-refractivity contribution in [3.05, 3.63) is 18.1 Å². The number of hydrogen-bond acceptors (Lipinski definition) is 6. The van der Waals surface area contributed by atoms with Crippen LogP contribution in [0.25, 0.3) is 0 Å². The highest BCUT2D eigenvalue weighted by Crippen LogP contribution is 2.18. The van der Waals surface area contributed by atoms with Gasteiger partial charge in [0.25, 0.3) is 10.2 Å². The minimum Gasteiger partial charge on any atom is -0.307 e. The molecule has 9 heteroatoms. The quantitative estimate of drug-likeness (QED) is 0.560. The highest BCUT2D eigenvalue weighted by Gasteiger charge is 2.35. The number of rotatable bonds is 5. The highest BCUT2D eigenvalue weighted by atomic mass is 32.2. The first kappa shape index (κ1) is 14.1. The Kier molecular flexibility index (Phi) is 4.30. The second-order valence-corrected chi connectivity index (χ2v) is 6.21. The van der Waals surface area contributed by atoms with Gasteiger partial charge in [-0.3, -0.25) is 4.98 Å². The number of anilines is 1. The number of nitrogens with one attached hydrogen (secondary N) is 1. The van der Waals surface area contributed by atoms with Crippen molar-refractivity contribution in [1.82, 2.24) is 18.6 Å². The summed E-state index contributed by atoms with van der Waals surface area (Å²) >= 11 is 0. The van der Waals surface area contributed by atoms with Crippen LogP contribution in [0.3, 0.4) is 0 Å². The van der Waals surface area contributed by atoms with Gasteiger partial charge in [0.1, 0.15) is 0 Å². The lowest BCUT2D eigenvalue weighted by Crippen LogP contribution is -2.33. The van der Waals surface area contributed by atoms with Gasteiger partial charge in [-0.25, -0.2) is 10.8 Å². The monoisotopic (exact) mass is 286 g/mol. The van der Waals surface area contributed by atoms with E-state index in [-0.39, 0.29) is 6.54 Å². The van der Waals surface area contributed by atoms with Gasteiger partial charge >= 0.3 is 0 Å². The van der Waals surface area contributed by atoms with Gasteiger partial charge in [0, 0.05) is 19.6 Å². The molecule has 1 aromatic heterocycles. The van der Waals surface area contributed by atoms with E-state index in [9.17, 15) is 8.42 Å². The van der Waals surface area contributed by atoms with Crippen molar-refractivity contribution in [3.63, 3.8) is 0 Å². The Morgan fingerprint density at radius 3 is 2.63 bits per heavy atom. The van der Waals surface area contributed by atoms with Crippen molar-refractivity contribution >= 4 is 16.0 Å². The van der Waals surface area contributed by atoms with Crippen LogP contribution in [0, 0.1) is 0 Å². The molecule has 106 valence electrons. The Bertz CT molecular complexity index is 517. The number of hydrazine groups is 1. The van der Waals surface area contributed by atoms with Gasteiger partial charge in [0.05, 0.1) is 24.6 Å². The van der Waals surface area contributed by atoms with Crippen LogP contribution in [0.2, 0.25) is 0 Å². The first-order chi connectivity index (χ1) is 9.07. The largest absolute Gasteiger partial charge is 0.307 e. The summed E-state index contributed by atoms with van der Waals surface area (Å²) in [5, 5.41) is 0. The minimum absolute atomic E-state index is 0.237. The average molecular weight is 286 g/mol. The summed E-state index contributed by atoms with van der Waals surface area (Å²) in [6, 6.07) is 0. The Morgan fingerprint density at radius 2 is 2.05 bits per heavy atom. The predicted molar refractivity (Wildman–Crippen MR) is 71.0 cm³/mol. The standard InChI is InChI=1S/C10H18N6O2S/c1-2-3-15-4-5-16(19(15,17)18)8-9-6-13-10(14-11)7-12-9/h6-7H,2-5,8,11H2,1H3,(H,13,14). The molecule has 0 amide bonds. The molecule has 0 aromatic carbocycles. The summed E-state index contributed by atoms with van der Waals surface area (Å²) in [6.45, 7) is 3.77. The zero-order valence-electron chi connectivity index (χ0n) is 10.8. The predicted octanol–water partition coefficient (Wildman–Crippen LogP) is -0.465. The molecular formula is C10H18N6O2S. The number of nitrogens with two attached hydrogens (primary N) is 1. The Hall–Kier alpha value is -1.29. The number of nitrogens with zero attached hydrogens (tertiary/aromatic N) is 4. The lowest BCUT2D eigenvalue weighted by molar-refractivity contribution is 0.435. The van der Waals surface area contributed by atoms with E-state index >= 15 is 0 Å². The van der Waals surface area contributed by atoms with Gasteiger partial charge in [0.2, 0.25) is 0 Å². The molecule has 1 aliphatic heterocycles. The fourth-order valence-electron chi connectivity index (χ4n) is 1.95. The van der Waals surface area contributed by atoms with Gasteiger partial charge in [-0.1, -0.05) is 6.92 Å². The minimum atomic E-state index is -3.35. The molecule has 1 fully saturated rings. The van der Waals surface area contributed by atoms with Crippen LogP contribution >= 0.6 is 0 Å². The van der Waals surface area contributed by atoms with Gasteiger partial charge in [-0.05, 0) is 6.42 Å². The van der Waals surface area contributed by atoms with Crippen molar-refractivity contribution < 1.29 is 8.42 Å². The molecule has 8 nitrogen and oxygen atoms in total. The molecule has 1 aromatic rings. The number of nitrogen functional groups attached to an aromatic ring is 1. The molecule has 2 heterocycles. The Labute approximate surface area is 112 Å². The first-order valence-electron chi connectivity index (χ1n) is 6.10. The fourth-order valence-corrected chi connectivity index (χ4v) is 3.61. The summed E-state index contributed by atoms with van der Waals surface area (Å²) in [6.07, 6.45) is 3.80. The van der Waals surface area contributed by atoms with Gasteiger partial charge in [-0.2, -0.15) is 17.0 Å². The zero-order chi connectivity index (χ0) is 13.9. The van der Waals surface area contributed by atoms with Crippen LogP contribution < -0.4 is 11.3 Å². The van der Waals surface area contributed by atoms with Gasteiger partial charge < -0.3 is 5.43 Å². The van der Waals surface area contributed by atoms with E-state index in [0.717, 1.165) is 6.42 Å². The topological polar surface area (TPSA) is 104 Å². The van der Waals surface area contributed by atoms with E-state index in [1.807, 2.05) is 6.92 Å². The average Bonchev–Trinajstić information content (AvgIpc) is 2.67. The third-order valence-electron chi connectivity index (χ3n) is 2.92. The second kappa shape index (κ2) is 5.78. The molecule has 0 unspecified atom stereocenters. The highest BCUT2D eigenvalue weighted by molar-refractivity contribution is 7.87. The molecule has 19 heavy (non-hydrogen) atoms. The third-order valence-corrected chi connectivity index (χ3v) is 4.90. The molecule has 1 aliphatic rings. The molecule has 1 saturated heterocycles. The summed E-state index contributed by atoms with van der Waals surface area (Å²) in [4.78, 5) is 8.13. The normalized spacial score (nSPS) is 19.7.